The number of aromatic nitrogens is 2. The fraction of sp³-hybridized carbons (Fsp3) is 0.545. The molecule has 0 saturated carbocycles. The minimum absolute atomic E-state index is 0. The Balaban J connectivity index is 0.00000561. The number of aliphatic hydroxyl groups excluding tert-OH is 1. The van der Waals surface area contributed by atoms with Crippen molar-refractivity contribution in [1.82, 2.24) is 9.97 Å². The first-order valence-corrected chi connectivity index (χ1v) is 19.4. The summed E-state index contributed by atoms with van der Waals surface area (Å²) < 4.78 is 11.0. The number of carbonyl (C=O) groups excluding carboxylic acids is 2. The van der Waals surface area contributed by atoms with Gasteiger partial charge in [0, 0.05) is 6.42 Å². The molecule has 2 aromatic rings. The summed E-state index contributed by atoms with van der Waals surface area (Å²) in [6, 6.07) is -0.519. The molecule has 1 N–H and O–H groups in total. The van der Waals surface area contributed by atoms with Crippen molar-refractivity contribution in [2.24, 2.45) is 29.6 Å². The Hall–Kier alpha value is -3.47. The smallest absolute Gasteiger partial charge is 0.681 e. The number of allylic oxidation sites excluding steroid dienone is 4. The monoisotopic (exact) mass is 744 g/mol. The van der Waals surface area contributed by atoms with Crippen LogP contribution in [-0.4, -0.2) is 59.9 Å². The van der Waals surface area contributed by atoms with Crippen LogP contribution in [0, 0.1) is 43.4 Å². The van der Waals surface area contributed by atoms with E-state index in [4.69, 9.17) is 30.1 Å². The van der Waals surface area contributed by atoms with Gasteiger partial charge in [-0.1, -0.05) is 98.7 Å². The molecule has 10 heteroatoms. The number of hydrogen-bond acceptors (Lipinski definition) is 5. The van der Waals surface area contributed by atoms with E-state index in [-0.39, 0.29) is 59.8 Å². The zero-order valence-corrected chi connectivity index (χ0v) is 35.3. The van der Waals surface area contributed by atoms with E-state index in [0.717, 1.165) is 70.0 Å². The summed E-state index contributed by atoms with van der Waals surface area (Å²) in [5.41, 5.74) is 11.1. The topological polar surface area (TPSA) is 129 Å². The molecular formula is C44H56MgN4O5-2. The molecule has 6 rings (SSSR count). The summed E-state index contributed by atoms with van der Waals surface area (Å²) >= 11 is 0. The van der Waals surface area contributed by atoms with Gasteiger partial charge in [0.1, 0.15) is 12.5 Å². The molecule has 4 aliphatic rings. The zero-order valence-electron chi connectivity index (χ0n) is 33.9. The number of esters is 2. The van der Waals surface area contributed by atoms with Gasteiger partial charge in [0.05, 0.1) is 13.2 Å². The Morgan fingerprint density at radius 2 is 1.74 bits per heavy atom. The van der Waals surface area contributed by atoms with E-state index in [0.29, 0.717) is 34.2 Å². The van der Waals surface area contributed by atoms with Gasteiger partial charge in [-0.15, -0.1) is 27.8 Å². The minimum Gasteiger partial charge on any atom is -0.681 e. The van der Waals surface area contributed by atoms with Crippen LogP contribution in [0.15, 0.2) is 40.4 Å². The minimum atomic E-state index is -1.14. The normalized spacial score (nSPS) is 27.0. The molecule has 0 aromatic carbocycles. The van der Waals surface area contributed by atoms with Gasteiger partial charge in [0.2, 0.25) is 0 Å². The van der Waals surface area contributed by atoms with Crippen LogP contribution < -0.4 is 20.7 Å². The first-order valence-electron chi connectivity index (χ1n) is 19.4. The molecule has 9 nitrogen and oxygen atoms in total. The van der Waals surface area contributed by atoms with E-state index in [9.17, 15) is 14.7 Å². The number of hydrogen-bond donors (Lipinski definition) is 1. The van der Waals surface area contributed by atoms with Gasteiger partial charge in [-0.05, 0) is 88.7 Å². The molecule has 0 radical (unpaired) electrons. The molecular weight excluding hydrogens is 689 g/mol. The second-order valence-corrected chi connectivity index (χ2v) is 15.9. The summed E-state index contributed by atoms with van der Waals surface area (Å²) in [5, 5.41) is 23.6. The maximum absolute atomic E-state index is 13.5. The first kappa shape index (κ1) is 41.7. The third-order valence-corrected chi connectivity index (χ3v) is 12.1. The van der Waals surface area contributed by atoms with Gasteiger partial charge in [0.25, 0.3) is 0 Å². The van der Waals surface area contributed by atoms with E-state index < -0.39 is 24.0 Å². The Labute approximate surface area is 337 Å². The Morgan fingerprint density at radius 3 is 2.43 bits per heavy atom. The molecule has 286 valence electrons. The Kier molecular flexibility index (Phi) is 13.2. The first-order chi connectivity index (χ1) is 25.2. The maximum atomic E-state index is 13.5. The summed E-state index contributed by atoms with van der Waals surface area (Å²) in [5.74, 6) is -1.23. The quantitative estimate of drug-likeness (QED) is 0.151. The SMILES string of the molecule is CCc1c2[n-]c(c1C)/C=C1\[N-]C(=C(C)[C@H]1C)/C=C1\[N-]C(C3=c4[n-]/c(c(C)c4[C@H](O)[C@@H]3C(=O)OC)=C\2)[C@@H](CCC(=O)OC/C=C(\C)CCCC(C)C)[C@@H]1C.[Mg+2]. The molecule has 1 fully saturated rings. The van der Waals surface area contributed by atoms with Crippen LogP contribution in [0.1, 0.15) is 120 Å². The molecule has 3 aliphatic heterocycles. The van der Waals surface area contributed by atoms with Crippen molar-refractivity contribution in [3.8, 4) is 0 Å². The summed E-state index contributed by atoms with van der Waals surface area (Å²) in [7, 11) is 1.34. The van der Waals surface area contributed by atoms with Crippen LogP contribution in [0.3, 0.4) is 0 Å². The van der Waals surface area contributed by atoms with Crippen molar-refractivity contribution in [1.29, 1.82) is 0 Å². The number of aliphatic hydroxyl groups is 1. The number of nitrogens with zero attached hydrogens (tertiary/aromatic N) is 4. The van der Waals surface area contributed by atoms with Gasteiger partial charge in [-0.25, -0.2) is 0 Å². The second-order valence-electron chi connectivity index (χ2n) is 15.9. The molecule has 0 spiro atoms. The standard InChI is InChI=1S/C44H56N4O5.Mg/c1-11-29-26(7)33-19-31-24(5)25(6)32(45-31)20-34-27(8)30(15-16-37(49)53-18-17-23(4)14-12-13-22(2)3)41(47-34)39-40(44(51)52-10)43(50)38-28(9)35(48-42(38)39)21-36(29)46-33;/h17,19-22,24,27,30,40-41,43,50H,11-16,18H2,1-10H3;/q-4;+2/b23-17+,31-19-,34-20-,35-21-;/t24-,27+,30+,40-,41?,43+;/m1./s1. The predicted molar refractivity (Wildman–Crippen MR) is 215 cm³/mol. The van der Waals surface area contributed by atoms with E-state index in [1.807, 2.05) is 19.1 Å². The fourth-order valence-electron chi connectivity index (χ4n) is 8.58. The molecule has 8 bridgehead atoms. The van der Waals surface area contributed by atoms with Crippen LogP contribution in [-0.2, 0) is 25.5 Å². The van der Waals surface area contributed by atoms with E-state index >= 15 is 0 Å². The molecule has 1 aliphatic carbocycles. The third-order valence-electron chi connectivity index (χ3n) is 12.1. The number of carbonyl (C=O) groups is 2. The third kappa shape index (κ3) is 7.94. The van der Waals surface area contributed by atoms with Gasteiger partial charge in [-0.2, -0.15) is 11.4 Å². The van der Waals surface area contributed by atoms with Crippen molar-refractivity contribution in [3.63, 3.8) is 0 Å². The summed E-state index contributed by atoms with van der Waals surface area (Å²) in [6.07, 6.45) is 11.8. The van der Waals surface area contributed by atoms with Crippen LogP contribution in [0.25, 0.3) is 28.4 Å². The maximum Gasteiger partial charge on any atom is 2.00 e. The number of methoxy groups -OCH3 is 1. The van der Waals surface area contributed by atoms with Gasteiger partial charge < -0.3 is 35.2 Å². The van der Waals surface area contributed by atoms with Crippen molar-refractivity contribution < 1.29 is 24.2 Å². The van der Waals surface area contributed by atoms with Crippen molar-refractivity contribution in [3.05, 3.63) is 95.4 Å². The molecule has 1 unspecified atom stereocenters. The van der Waals surface area contributed by atoms with Gasteiger partial charge in [-0.3, -0.25) is 9.59 Å². The van der Waals surface area contributed by atoms with Gasteiger partial charge in [0.15, 0.2) is 0 Å². The van der Waals surface area contributed by atoms with Crippen molar-refractivity contribution >= 4 is 52.7 Å². The summed E-state index contributed by atoms with van der Waals surface area (Å²) in [4.78, 5) is 36.9. The average molecular weight is 745 g/mol. The molecule has 5 heterocycles. The van der Waals surface area contributed by atoms with Crippen LogP contribution in [0.5, 0.6) is 0 Å². The van der Waals surface area contributed by atoms with Crippen molar-refractivity contribution in [2.75, 3.05) is 13.7 Å². The van der Waals surface area contributed by atoms with Crippen LogP contribution >= 0.6 is 0 Å². The fourth-order valence-corrected chi connectivity index (χ4v) is 8.58. The summed E-state index contributed by atoms with van der Waals surface area (Å²) in [6.45, 7) is 19.4. The van der Waals surface area contributed by atoms with Crippen LogP contribution in [0.4, 0.5) is 0 Å². The van der Waals surface area contributed by atoms with E-state index in [1.165, 1.54) is 19.1 Å². The Bertz CT molecular complexity index is 2030. The largest absolute Gasteiger partial charge is 2.00 e. The molecule has 1 saturated heterocycles. The average Bonchev–Trinajstić information content (AvgIpc) is 3.85. The Morgan fingerprint density at radius 1 is 1.00 bits per heavy atom. The van der Waals surface area contributed by atoms with E-state index in [1.54, 1.807) is 0 Å². The molecule has 2 aromatic heterocycles. The molecule has 0 amide bonds. The second kappa shape index (κ2) is 17.1. The van der Waals surface area contributed by atoms with E-state index in [2.05, 4.69) is 67.5 Å². The predicted octanol–water partition coefficient (Wildman–Crippen LogP) is 6.86. The van der Waals surface area contributed by atoms with Crippen molar-refractivity contribution in [2.45, 2.75) is 113 Å². The zero-order chi connectivity index (χ0) is 38.3. The molecule has 54 heavy (non-hydrogen) atoms. The number of rotatable bonds is 11. The number of ether oxygens (including phenoxy) is 2. The number of fused-ring (bicyclic) bond motifs is 8. The van der Waals surface area contributed by atoms with Crippen LogP contribution in [0.2, 0.25) is 0 Å². The van der Waals surface area contributed by atoms with Gasteiger partial charge >= 0.3 is 35.0 Å². The molecule has 6 atom stereocenters.